The predicted octanol–water partition coefficient (Wildman–Crippen LogP) is 4.79. The Kier molecular flexibility index (Phi) is 5.72. The van der Waals surface area contributed by atoms with Gasteiger partial charge in [-0.1, -0.05) is 16.8 Å². The summed E-state index contributed by atoms with van der Waals surface area (Å²) < 4.78 is 11.1. The Balaban J connectivity index is 1.62. The molecule has 1 N–H and O–H groups in total. The van der Waals surface area contributed by atoms with Crippen molar-refractivity contribution >= 4 is 50.5 Å². The normalized spacial score (nSPS) is 10.7. The fourth-order valence-electron chi connectivity index (χ4n) is 2.16. The van der Waals surface area contributed by atoms with Gasteiger partial charge in [0.2, 0.25) is 17.6 Å². The number of nitrogens with one attached hydrogen (secondary N) is 1. The van der Waals surface area contributed by atoms with Crippen LogP contribution < -0.4 is 10.1 Å². The zero-order valence-electron chi connectivity index (χ0n) is 13.1. The highest BCUT2D eigenvalue weighted by Crippen LogP contribution is 2.36. The van der Waals surface area contributed by atoms with E-state index in [1.165, 1.54) is 7.11 Å². The van der Waals surface area contributed by atoms with Gasteiger partial charge >= 0.3 is 0 Å². The molecule has 0 aliphatic rings. The van der Waals surface area contributed by atoms with Gasteiger partial charge in [-0.25, -0.2) is 0 Å². The second-order valence-electron chi connectivity index (χ2n) is 5.04. The number of aryl methyl sites for hydroxylation is 1. The van der Waals surface area contributed by atoms with Gasteiger partial charge in [-0.3, -0.25) is 4.79 Å². The molecule has 2 aromatic heterocycles. The molecule has 0 aliphatic carbocycles. The van der Waals surface area contributed by atoms with Gasteiger partial charge in [0.15, 0.2) is 5.75 Å². The van der Waals surface area contributed by atoms with E-state index < -0.39 is 0 Å². The fraction of sp³-hybridized carbons (Fsp3) is 0.188. The molecule has 0 spiro atoms. The van der Waals surface area contributed by atoms with Crippen LogP contribution in [-0.4, -0.2) is 23.2 Å². The number of carbonyl (C=O) groups is 1. The monoisotopic (exact) mass is 441 g/mol. The molecule has 0 atom stereocenters. The summed E-state index contributed by atoms with van der Waals surface area (Å²) in [7, 11) is 1.52. The van der Waals surface area contributed by atoms with Gasteiger partial charge in [0.1, 0.15) is 0 Å². The first-order chi connectivity index (χ1) is 12.1. The van der Waals surface area contributed by atoms with Gasteiger partial charge < -0.3 is 14.6 Å². The maximum absolute atomic E-state index is 12.2. The standard InChI is InChI=1S/C16H13BrClN3O3S/c1-23-15-11(17)6-10(18)7-12(15)19-13(22)2-3-14-20-16(21-24-14)9-4-5-25-8-9/h4-8H,2-3H2,1H3,(H,19,22). The molecule has 0 aliphatic heterocycles. The number of hydrogen-bond acceptors (Lipinski definition) is 6. The average Bonchev–Trinajstić information content (AvgIpc) is 3.24. The maximum Gasteiger partial charge on any atom is 0.227 e. The molecule has 6 nitrogen and oxygen atoms in total. The lowest BCUT2D eigenvalue weighted by Crippen LogP contribution is -2.13. The van der Waals surface area contributed by atoms with E-state index >= 15 is 0 Å². The van der Waals surface area contributed by atoms with E-state index in [2.05, 4.69) is 31.4 Å². The minimum atomic E-state index is -0.206. The number of methoxy groups -OCH3 is 1. The third kappa shape index (κ3) is 4.39. The van der Waals surface area contributed by atoms with Crippen LogP contribution in [0.25, 0.3) is 11.4 Å². The summed E-state index contributed by atoms with van der Waals surface area (Å²) in [6.07, 6.45) is 0.533. The Morgan fingerprint density at radius 3 is 3.04 bits per heavy atom. The molecule has 1 aromatic carbocycles. The molecule has 0 saturated heterocycles. The minimum absolute atomic E-state index is 0.193. The van der Waals surface area contributed by atoms with Crippen molar-refractivity contribution in [1.29, 1.82) is 0 Å². The first-order valence-electron chi connectivity index (χ1n) is 7.25. The molecule has 0 bridgehead atoms. The van der Waals surface area contributed by atoms with Gasteiger partial charge in [0.25, 0.3) is 0 Å². The van der Waals surface area contributed by atoms with Crippen LogP contribution in [0.3, 0.4) is 0 Å². The van der Waals surface area contributed by atoms with Crippen LogP contribution in [0.15, 0.2) is 38.0 Å². The third-order valence-corrected chi connectivity index (χ3v) is 4.79. The van der Waals surface area contributed by atoms with Crippen molar-refractivity contribution in [2.75, 3.05) is 12.4 Å². The van der Waals surface area contributed by atoms with Crippen molar-refractivity contribution in [3.8, 4) is 17.1 Å². The summed E-state index contributed by atoms with van der Waals surface area (Å²) in [4.78, 5) is 16.5. The number of nitrogens with zero attached hydrogens (tertiary/aromatic N) is 2. The summed E-state index contributed by atoms with van der Waals surface area (Å²) in [6.45, 7) is 0. The summed E-state index contributed by atoms with van der Waals surface area (Å²) in [5.41, 5.74) is 1.40. The Hall–Kier alpha value is -1.90. The lowest BCUT2D eigenvalue weighted by atomic mass is 10.2. The van der Waals surface area contributed by atoms with Crippen molar-refractivity contribution < 1.29 is 14.1 Å². The molecule has 25 heavy (non-hydrogen) atoms. The number of carbonyl (C=O) groups excluding carboxylic acids is 1. The second kappa shape index (κ2) is 7.99. The van der Waals surface area contributed by atoms with E-state index in [9.17, 15) is 4.79 Å². The van der Waals surface area contributed by atoms with Crippen molar-refractivity contribution in [3.05, 3.63) is 44.3 Å². The fourth-order valence-corrected chi connectivity index (χ4v) is 3.77. The van der Waals surface area contributed by atoms with Gasteiger partial charge in [0.05, 0.1) is 17.3 Å². The quantitative estimate of drug-likeness (QED) is 0.593. The lowest BCUT2D eigenvalue weighted by molar-refractivity contribution is -0.116. The Labute approximate surface area is 161 Å². The average molecular weight is 443 g/mol. The maximum atomic E-state index is 12.2. The molecular formula is C16H13BrClN3O3S. The molecule has 130 valence electrons. The van der Waals surface area contributed by atoms with E-state index in [0.29, 0.717) is 39.1 Å². The molecule has 0 unspecified atom stereocenters. The van der Waals surface area contributed by atoms with Crippen molar-refractivity contribution in [2.24, 2.45) is 0 Å². The van der Waals surface area contributed by atoms with Crippen molar-refractivity contribution in [2.45, 2.75) is 12.8 Å². The van der Waals surface area contributed by atoms with E-state index in [-0.39, 0.29) is 12.3 Å². The molecule has 3 aromatic rings. The van der Waals surface area contributed by atoms with Crippen LogP contribution in [-0.2, 0) is 11.2 Å². The Morgan fingerprint density at radius 2 is 2.32 bits per heavy atom. The first kappa shape index (κ1) is 17.9. The molecular weight excluding hydrogens is 430 g/mol. The number of hydrogen-bond donors (Lipinski definition) is 1. The van der Waals surface area contributed by atoms with Crippen LogP contribution in [0.5, 0.6) is 5.75 Å². The summed E-state index contributed by atoms with van der Waals surface area (Å²) >= 11 is 10.9. The van der Waals surface area contributed by atoms with Crippen LogP contribution in [0, 0.1) is 0 Å². The van der Waals surface area contributed by atoms with Crippen LogP contribution in [0.2, 0.25) is 5.02 Å². The van der Waals surface area contributed by atoms with E-state index in [4.69, 9.17) is 20.9 Å². The third-order valence-electron chi connectivity index (χ3n) is 3.30. The zero-order valence-corrected chi connectivity index (χ0v) is 16.2. The number of benzene rings is 1. The molecule has 0 radical (unpaired) electrons. The Bertz CT molecular complexity index is 883. The zero-order chi connectivity index (χ0) is 17.8. The number of ether oxygens (including phenoxy) is 1. The topological polar surface area (TPSA) is 77.2 Å². The lowest BCUT2D eigenvalue weighted by Gasteiger charge is -2.12. The number of rotatable bonds is 6. The molecule has 1 amide bonds. The second-order valence-corrected chi connectivity index (χ2v) is 7.11. The largest absolute Gasteiger partial charge is 0.493 e. The highest BCUT2D eigenvalue weighted by molar-refractivity contribution is 9.10. The molecule has 2 heterocycles. The highest BCUT2D eigenvalue weighted by atomic mass is 79.9. The summed E-state index contributed by atoms with van der Waals surface area (Å²) in [5.74, 6) is 1.24. The van der Waals surface area contributed by atoms with Gasteiger partial charge in [-0.2, -0.15) is 16.3 Å². The van der Waals surface area contributed by atoms with Crippen molar-refractivity contribution in [1.82, 2.24) is 10.1 Å². The van der Waals surface area contributed by atoms with Crippen molar-refractivity contribution in [3.63, 3.8) is 0 Å². The number of aromatic nitrogens is 2. The molecule has 0 fully saturated rings. The highest BCUT2D eigenvalue weighted by Gasteiger charge is 2.14. The number of halogens is 2. The molecule has 0 saturated carbocycles. The van der Waals surface area contributed by atoms with Crippen LogP contribution >= 0.6 is 38.9 Å². The smallest absolute Gasteiger partial charge is 0.227 e. The van der Waals surface area contributed by atoms with E-state index in [1.54, 1.807) is 23.5 Å². The van der Waals surface area contributed by atoms with Gasteiger partial charge in [-0.15, -0.1) is 0 Å². The summed E-state index contributed by atoms with van der Waals surface area (Å²) in [5, 5.41) is 11.1. The van der Waals surface area contributed by atoms with Gasteiger partial charge in [-0.05, 0) is 39.5 Å². The van der Waals surface area contributed by atoms with Crippen LogP contribution in [0.4, 0.5) is 5.69 Å². The first-order valence-corrected chi connectivity index (χ1v) is 9.36. The van der Waals surface area contributed by atoms with E-state index in [1.807, 2.05) is 16.8 Å². The molecule has 3 rings (SSSR count). The Morgan fingerprint density at radius 1 is 1.48 bits per heavy atom. The number of thiophene rings is 1. The number of amides is 1. The SMILES string of the molecule is COc1c(Br)cc(Cl)cc1NC(=O)CCc1nc(-c2ccsc2)no1. The van der Waals surface area contributed by atoms with E-state index in [0.717, 1.165) is 5.56 Å². The predicted molar refractivity (Wildman–Crippen MR) is 100 cm³/mol. The summed E-state index contributed by atoms with van der Waals surface area (Å²) in [6, 6.07) is 5.24. The molecule has 9 heteroatoms. The minimum Gasteiger partial charge on any atom is -0.493 e. The number of anilines is 1. The van der Waals surface area contributed by atoms with Crippen LogP contribution in [0.1, 0.15) is 12.3 Å². The van der Waals surface area contributed by atoms with Gasteiger partial charge in [0, 0.05) is 28.8 Å².